The molecule has 22 heavy (non-hydrogen) atoms. The zero-order valence-electron chi connectivity index (χ0n) is 13.5. The van der Waals surface area contributed by atoms with Crippen LogP contribution in [0.25, 0.3) is 5.57 Å². The molecule has 1 aromatic rings. The highest BCUT2D eigenvalue weighted by molar-refractivity contribution is 9.10. The average molecular weight is 363 g/mol. The third-order valence-electron chi connectivity index (χ3n) is 4.95. The van der Waals surface area contributed by atoms with Crippen LogP contribution in [-0.4, -0.2) is 6.10 Å². The Bertz CT molecular complexity index is 520. The first-order valence-electron chi connectivity index (χ1n) is 8.95. The van der Waals surface area contributed by atoms with E-state index >= 15 is 0 Å². The quantitative estimate of drug-likeness (QED) is 0.502. The van der Waals surface area contributed by atoms with Crippen LogP contribution in [0.4, 0.5) is 0 Å². The van der Waals surface area contributed by atoms with Gasteiger partial charge in [0, 0.05) is 4.47 Å². The van der Waals surface area contributed by atoms with E-state index in [1.165, 1.54) is 80.9 Å². The van der Waals surface area contributed by atoms with Crippen LogP contribution in [0, 0.1) is 0 Å². The van der Waals surface area contributed by atoms with Crippen LogP contribution < -0.4 is 0 Å². The Labute approximate surface area is 143 Å². The summed E-state index contributed by atoms with van der Waals surface area (Å²) in [5.41, 5.74) is 4.21. The van der Waals surface area contributed by atoms with Gasteiger partial charge in [-0.05, 0) is 48.1 Å². The van der Waals surface area contributed by atoms with Crippen LogP contribution in [0.3, 0.4) is 0 Å². The molecule has 2 heteroatoms. The third-order valence-corrected chi connectivity index (χ3v) is 5.44. The van der Waals surface area contributed by atoms with Crippen molar-refractivity contribution in [1.82, 2.24) is 0 Å². The molecule has 1 atom stereocenters. The van der Waals surface area contributed by atoms with E-state index in [9.17, 15) is 0 Å². The van der Waals surface area contributed by atoms with Crippen LogP contribution in [0.15, 0.2) is 28.7 Å². The molecule has 0 spiro atoms. The molecule has 1 aliphatic heterocycles. The summed E-state index contributed by atoms with van der Waals surface area (Å²) in [6.07, 6.45) is 16.2. The van der Waals surface area contributed by atoms with Gasteiger partial charge in [-0.25, -0.2) is 0 Å². The minimum Gasteiger partial charge on any atom is -0.369 e. The van der Waals surface area contributed by atoms with E-state index in [-0.39, 0.29) is 0 Å². The lowest BCUT2D eigenvalue weighted by Crippen LogP contribution is -2.21. The van der Waals surface area contributed by atoms with Gasteiger partial charge in [0.15, 0.2) is 0 Å². The molecule has 120 valence electrons. The van der Waals surface area contributed by atoms with E-state index in [4.69, 9.17) is 4.74 Å². The molecule has 0 amide bonds. The molecule has 1 aromatic carbocycles. The number of ether oxygens (including phenoxy) is 1. The predicted octanol–water partition coefficient (Wildman–Crippen LogP) is 6.65. The topological polar surface area (TPSA) is 9.23 Å². The summed E-state index contributed by atoms with van der Waals surface area (Å²) in [7, 11) is 0. The molecule has 1 aliphatic carbocycles. The van der Waals surface area contributed by atoms with Crippen LogP contribution in [-0.2, 0) is 11.3 Å². The summed E-state index contributed by atoms with van der Waals surface area (Å²) in [4.78, 5) is 0. The summed E-state index contributed by atoms with van der Waals surface area (Å²) >= 11 is 3.58. The van der Waals surface area contributed by atoms with Crippen LogP contribution in [0.5, 0.6) is 0 Å². The Morgan fingerprint density at radius 3 is 2.45 bits per heavy atom. The Kier molecular flexibility index (Phi) is 6.14. The largest absolute Gasteiger partial charge is 0.369 e. The second kappa shape index (κ2) is 8.31. The van der Waals surface area contributed by atoms with Crippen molar-refractivity contribution < 1.29 is 4.74 Å². The van der Waals surface area contributed by atoms with Gasteiger partial charge in [-0.15, -0.1) is 0 Å². The molecule has 1 heterocycles. The molecule has 0 aromatic heterocycles. The van der Waals surface area contributed by atoms with Gasteiger partial charge in [0.05, 0.1) is 12.7 Å². The number of benzene rings is 1. The standard InChI is InChI=1S/C20H27BrO/c21-17-12-13-18-16(14-17)15-22-20-11-9-7-5-3-1-2-4-6-8-10-19(18)20/h10,12-14,20H,1-9,11,15H2/b19-10+. The number of hydrogen-bond donors (Lipinski definition) is 0. The Morgan fingerprint density at radius 1 is 0.909 bits per heavy atom. The van der Waals surface area contributed by atoms with Gasteiger partial charge >= 0.3 is 0 Å². The van der Waals surface area contributed by atoms with E-state index in [1.54, 1.807) is 0 Å². The molecule has 0 saturated heterocycles. The van der Waals surface area contributed by atoms with E-state index in [2.05, 4.69) is 40.2 Å². The third kappa shape index (κ3) is 4.23. The van der Waals surface area contributed by atoms with Crippen molar-refractivity contribution in [3.05, 3.63) is 39.9 Å². The zero-order valence-corrected chi connectivity index (χ0v) is 15.0. The minimum absolute atomic E-state index is 0.314. The molecular formula is C20H27BrO. The normalized spacial score (nSPS) is 26.4. The molecule has 1 nitrogen and oxygen atoms in total. The lowest BCUT2D eigenvalue weighted by Gasteiger charge is -2.29. The highest BCUT2D eigenvalue weighted by Crippen LogP contribution is 2.35. The smallest absolute Gasteiger partial charge is 0.0832 e. The van der Waals surface area contributed by atoms with Crippen LogP contribution in [0.2, 0.25) is 0 Å². The molecule has 0 N–H and O–H groups in total. The summed E-state index contributed by atoms with van der Waals surface area (Å²) in [5.74, 6) is 0. The fourth-order valence-corrected chi connectivity index (χ4v) is 4.10. The van der Waals surface area contributed by atoms with Crippen LogP contribution >= 0.6 is 15.9 Å². The maximum atomic E-state index is 6.21. The first-order chi connectivity index (χ1) is 10.8. The summed E-state index contributed by atoms with van der Waals surface area (Å²) in [6.45, 7) is 0.761. The lowest BCUT2D eigenvalue weighted by molar-refractivity contribution is 0.0640. The van der Waals surface area contributed by atoms with Crippen LogP contribution in [0.1, 0.15) is 75.3 Å². The van der Waals surface area contributed by atoms with Gasteiger partial charge in [0.25, 0.3) is 0 Å². The fourth-order valence-electron chi connectivity index (χ4n) is 3.69. The van der Waals surface area contributed by atoms with E-state index < -0.39 is 0 Å². The number of hydrogen-bond acceptors (Lipinski definition) is 1. The maximum absolute atomic E-state index is 6.21. The maximum Gasteiger partial charge on any atom is 0.0832 e. The van der Waals surface area contributed by atoms with E-state index in [0.717, 1.165) is 11.1 Å². The first-order valence-corrected chi connectivity index (χ1v) is 9.74. The monoisotopic (exact) mass is 362 g/mol. The van der Waals surface area contributed by atoms with Gasteiger partial charge in [-0.2, -0.15) is 0 Å². The molecule has 3 rings (SSSR count). The van der Waals surface area contributed by atoms with Gasteiger partial charge in [0.2, 0.25) is 0 Å². The van der Waals surface area contributed by atoms with Crippen molar-refractivity contribution in [3.8, 4) is 0 Å². The molecule has 1 unspecified atom stereocenters. The van der Waals surface area contributed by atoms with Crippen molar-refractivity contribution in [1.29, 1.82) is 0 Å². The molecule has 0 radical (unpaired) electrons. The van der Waals surface area contributed by atoms with Crippen molar-refractivity contribution >= 4 is 21.5 Å². The Morgan fingerprint density at radius 2 is 1.64 bits per heavy atom. The summed E-state index contributed by atoms with van der Waals surface area (Å²) in [5, 5.41) is 0. The molecule has 2 aliphatic rings. The van der Waals surface area contributed by atoms with Gasteiger partial charge in [0.1, 0.15) is 0 Å². The van der Waals surface area contributed by atoms with Crippen molar-refractivity contribution in [2.75, 3.05) is 0 Å². The predicted molar refractivity (Wildman–Crippen MR) is 96.9 cm³/mol. The van der Waals surface area contributed by atoms with Gasteiger partial charge < -0.3 is 4.74 Å². The second-order valence-electron chi connectivity index (χ2n) is 6.67. The number of rotatable bonds is 0. The average Bonchev–Trinajstić information content (AvgIpc) is 2.55. The Hall–Kier alpha value is -0.600. The first kappa shape index (κ1) is 16.3. The van der Waals surface area contributed by atoms with E-state index in [0.29, 0.717) is 6.10 Å². The SMILES string of the molecule is Brc1ccc2c(c1)COC1CCCCCCCCCC/C=C\21. The Balaban J connectivity index is 1.80. The van der Waals surface area contributed by atoms with Crippen molar-refractivity contribution in [2.45, 2.75) is 76.9 Å². The van der Waals surface area contributed by atoms with Gasteiger partial charge in [-0.3, -0.25) is 0 Å². The highest BCUT2D eigenvalue weighted by atomic mass is 79.9. The lowest BCUT2D eigenvalue weighted by atomic mass is 9.89. The van der Waals surface area contributed by atoms with Crippen molar-refractivity contribution in [3.63, 3.8) is 0 Å². The number of halogens is 1. The van der Waals surface area contributed by atoms with E-state index in [1.807, 2.05) is 0 Å². The zero-order chi connectivity index (χ0) is 15.2. The van der Waals surface area contributed by atoms with Gasteiger partial charge in [-0.1, -0.05) is 73.0 Å². The number of fused-ring (bicyclic) bond motifs is 3. The molecule has 0 saturated carbocycles. The summed E-state index contributed by atoms with van der Waals surface area (Å²) in [6, 6.07) is 6.66. The second-order valence-corrected chi connectivity index (χ2v) is 7.58. The fraction of sp³-hybridized carbons (Fsp3) is 0.600. The summed E-state index contributed by atoms with van der Waals surface area (Å²) < 4.78 is 7.36. The molecule has 0 bridgehead atoms. The van der Waals surface area contributed by atoms with Crippen molar-refractivity contribution in [2.24, 2.45) is 0 Å². The molecule has 0 fully saturated rings. The highest BCUT2D eigenvalue weighted by Gasteiger charge is 2.24. The minimum atomic E-state index is 0.314. The number of allylic oxidation sites excluding steroid dienone is 1. The molecular weight excluding hydrogens is 336 g/mol.